The van der Waals surface area contributed by atoms with Gasteiger partial charge < -0.3 is 10.2 Å². The second-order valence-electron chi connectivity index (χ2n) is 13.6. The highest BCUT2D eigenvalue weighted by molar-refractivity contribution is 4.84. The van der Waals surface area contributed by atoms with Crippen molar-refractivity contribution in [2.24, 2.45) is 53.3 Å². The molecule has 3 saturated carbocycles. The molecule has 0 aromatic carbocycles. The molecule has 0 aromatic rings. The van der Waals surface area contributed by atoms with Gasteiger partial charge in [-0.15, -0.1) is 0 Å². The molecule has 2 heteroatoms. The quantitative estimate of drug-likeness (QED) is 0.324. The zero-order valence-electron chi connectivity index (χ0n) is 22.9. The van der Waals surface area contributed by atoms with E-state index < -0.39 is 0 Å². The van der Waals surface area contributed by atoms with Crippen LogP contribution in [-0.2, 0) is 0 Å². The van der Waals surface area contributed by atoms with Crippen LogP contribution in [0.5, 0.6) is 0 Å². The maximum atomic E-state index is 11.0. The minimum Gasteiger partial charge on any atom is -0.393 e. The summed E-state index contributed by atoms with van der Waals surface area (Å²) in [4.78, 5) is 0. The monoisotopic (exact) mass is 462 g/mol. The molecule has 0 amide bonds. The molecule has 3 rings (SSSR count). The minimum atomic E-state index is -0.143. The molecule has 6 atom stereocenters. The lowest BCUT2D eigenvalue weighted by molar-refractivity contribution is 0.0396. The predicted octanol–water partition coefficient (Wildman–Crippen LogP) is 8.25. The molecule has 0 heterocycles. The molecule has 33 heavy (non-hydrogen) atoms. The SMILES string of the molecule is CC1CCC(C(O)CC(CCC(C)C(O)CC2CCC(C3CCC(C)C3)CC2)C(C)C)CC1. The van der Waals surface area contributed by atoms with Crippen molar-refractivity contribution in [3.8, 4) is 0 Å². The van der Waals surface area contributed by atoms with Crippen molar-refractivity contribution in [3.63, 3.8) is 0 Å². The number of hydrogen-bond donors (Lipinski definition) is 2. The lowest BCUT2D eigenvalue weighted by atomic mass is 9.72. The lowest BCUT2D eigenvalue weighted by Gasteiger charge is -2.35. The Balaban J connectivity index is 1.36. The second-order valence-corrected chi connectivity index (χ2v) is 13.6. The van der Waals surface area contributed by atoms with E-state index in [9.17, 15) is 10.2 Å². The van der Waals surface area contributed by atoms with Gasteiger partial charge in [0.05, 0.1) is 12.2 Å². The summed E-state index contributed by atoms with van der Waals surface area (Å²) in [5, 5.41) is 21.9. The van der Waals surface area contributed by atoms with Crippen LogP contribution < -0.4 is 0 Å². The fraction of sp³-hybridized carbons (Fsp3) is 1.00. The van der Waals surface area contributed by atoms with Gasteiger partial charge in [-0.2, -0.15) is 0 Å². The Morgan fingerprint density at radius 2 is 1.30 bits per heavy atom. The van der Waals surface area contributed by atoms with Crippen molar-refractivity contribution in [1.29, 1.82) is 0 Å². The van der Waals surface area contributed by atoms with E-state index in [4.69, 9.17) is 0 Å². The van der Waals surface area contributed by atoms with Gasteiger partial charge in [-0.05, 0) is 117 Å². The van der Waals surface area contributed by atoms with Crippen molar-refractivity contribution in [2.45, 2.75) is 143 Å². The summed E-state index contributed by atoms with van der Waals surface area (Å²) >= 11 is 0. The summed E-state index contributed by atoms with van der Waals surface area (Å²) < 4.78 is 0. The van der Waals surface area contributed by atoms with E-state index in [0.29, 0.717) is 23.7 Å². The normalized spacial score (nSPS) is 37.1. The molecule has 0 saturated heterocycles. The molecule has 2 N–H and O–H groups in total. The Labute approximate surface area is 206 Å². The van der Waals surface area contributed by atoms with E-state index in [1.165, 1.54) is 70.6 Å². The van der Waals surface area contributed by atoms with E-state index in [0.717, 1.165) is 55.3 Å². The van der Waals surface area contributed by atoms with Crippen molar-refractivity contribution in [1.82, 2.24) is 0 Å². The molecule has 2 nitrogen and oxygen atoms in total. The summed E-state index contributed by atoms with van der Waals surface area (Å²) in [5.41, 5.74) is 0. The van der Waals surface area contributed by atoms with Crippen molar-refractivity contribution >= 4 is 0 Å². The van der Waals surface area contributed by atoms with Gasteiger partial charge in [0.1, 0.15) is 0 Å². The van der Waals surface area contributed by atoms with E-state index >= 15 is 0 Å². The summed E-state index contributed by atoms with van der Waals surface area (Å²) in [7, 11) is 0. The highest BCUT2D eigenvalue weighted by Gasteiger charge is 2.33. The van der Waals surface area contributed by atoms with Gasteiger partial charge in [0.2, 0.25) is 0 Å². The van der Waals surface area contributed by atoms with Crippen LogP contribution in [0.2, 0.25) is 0 Å². The molecule has 3 fully saturated rings. The molecule has 3 aliphatic rings. The second kappa shape index (κ2) is 13.3. The molecule has 0 aromatic heterocycles. The van der Waals surface area contributed by atoms with Gasteiger partial charge in [0, 0.05) is 0 Å². The van der Waals surface area contributed by atoms with Gasteiger partial charge in [0.15, 0.2) is 0 Å². The number of hydrogen-bond acceptors (Lipinski definition) is 2. The summed E-state index contributed by atoms with van der Waals surface area (Å²) in [6, 6.07) is 0. The average molecular weight is 463 g/mol. The van der Waals surface area contributed by atoms with Crippen LogP contribution in [0.3, 0.4) is 0 Å². The van der Waals surface area contributed by atoms with Crippen LogP contribution in [0.1, 0.15) is 131 Å². The van der Waals surface area contributed by atoms with Gasteiger partial charge in [-0.3, -0.25) is 0 Å². The largest absolute Gasteiger partial charge is 0.393 e. The molecule has 3 aliphatic carbocycles. The van der Waals surface area contributed by atoms with E-state index in [1.54, 1.807) is 0 Å². The van der Waals surface area contributed by atoms with Gasteiger partial charge in [-0.25, -0.2) is 0 Å². The predicted molar refractivity (Wildman–Crippen MR) is 141 cm³/mol. The first kappa shape index (κ1) is 27.5. The zero-order chi connectivity index (χ0) is 24.0. The van der Waals surface area contributed by atoms with Gasteiger partial charge in [0.25, 0.3) is 0 Å². The van der Waals surface area contributed by atoms with Crippen LogP contribution in [0.4, 0.5) is 0 Å². The molecule has 0 aliphatic heterocycles. The van der Waals surface area contributed by atoms with Crippen LogP contribution >= 0.6 is 0 Å². The van der Waals surface area contributed by atoms with Crippen molar-refractivity contribution < 1.29 is 10.2 Å². The van der Waals surface area contributed by atoms with E-state index in [1.807, 2.05) is 0 Å². The van der Waals surface area contributed by atoms with E-state index in [2.05, 4.69) is 34.6 Å². The Kier molecular flexibility index (Phi) is 11.1. The first-order valence-corrected chi connectivity index (χ1v) is 15.1. The summed E-state index contributed by atoms with van der Waals surface area (Å²) in [6.45, 7) is 11.7. The minimum absolute atomic E-state index is 0.122. The van der Waals surface area contributed by atoms with Crippen LogP contribution in [-0.4, -0.2) is 22.4 Å². The maximum Gasteiger partial charge on any atom is 0.0571 e. The molecular formula is C31H58O2. The third-order valence-corrected chi connectivity index (χ3v) is 10.6. The third-order valence-electron chi connectivity index (χ3n) is 10.6. The maximum absolute atomic E-state index is 11.0. The Bertz CT molecular complexity index is 529. The topological polar surface area (TPSA) is 40.5 Å². The fourth-order valence-electron chi connectivity index (χ4n) is 7.71. The van der Waals surface area contributed by atoms with Crippen LogP contribution in [0.15, 0.2) is 0 Å². The third kappa shape index (κ3) is 8.52. The van der Waals surface area contributed by atoms with Crippen LogP contribution in [0, 0.1) is 53.3 Å². The zero-order valence-corrected chi connectivity index (χ0v) is 22.9. The first-order valence-electron chi connectivity index (χ1n) is 15.1. The Morgan fingerprint density at radius 3 is 1.88 bits per heavy atom. The lowest BCUT2D eigenvalue weighted by Crippen LogP contribution is -2.29. The standard InChI is InChI=1S/C31H58O2/c1-21(2)28(20-31(33)27-12-6-22(3)7-13-27)15-9-24(5)30(32)19-25-10-16-26(17-11-25)29-14-8-23(4)18-29/h21-33H,6-20H2,1-5H3. The van der Waals surface area contributed by atoms with Crippen molar-refractivity contribution in [3.05, 3.63) is 0 Å². The summed E-state index contributed by atoms with van der Waals surface area (Å²) in [5.74, 6) is 6.62. The molecule has 0 radical (unpaired) electrons. The number of aliphatic hydroxyl groups is 2. The summed E-state index contributed by atoms with van der Waals surface area (Å²) in [6.07, 6.45) is 18.9. The molecular weight excluding hydrogens is 404 g/mol. The number of rotatable bonds is 11. The highest BCUT2D eigenvalue weighted by atomic mass is 16.3. The highest BCUT2D eigenvalue weighted by Crippen LogP contribution is 2.44. The fourth-order valence-corrected chi connectivity index (χ4v) is 7.71. The average Bonchev–Trinajstić information content (AvgIpc) is 3.23. The Hall–Kier alpha value is -0.0800. The molecule has 6 unspecified atom stereocenters. The first-order chi connectivity index (χ1) is 15.7. The van der Waals surface area contributed by atoms with Crippen molar-refractivity contribution in [2.75, 3.05) is 0 Å². The van der Waals surface area contributed by atoms with Gasteiger partial charge >= 0.3 is 0 Å². The number of aliphatic hydroxyl groups excluding tert-OH is 2. The molecule has 0 bridgehead atoms. The molecule has 194 valence electrons. The Morgan fingerprint density at radius 1 is 0.697 bits per heavy atom. The van der Waals surface area contributed by atoms with E-state index in [-0.39, 0.29) is 12.2 Å². The smallest absolute Gasteiger partial charge is 0.0571 e. The van der Waals surface area contributed by atoms with Crippen LogP contribution in [0.25, 0.3) is 0 Å². The van der Waals surface area contributed by atoms with Gasteiger partial charge in [-0.1, -0.05) is 66.7 Å². The molecule has 0 spiro atoms.